The molecule has 4 nitrogen and oxygen atoms in total. The highest BCUT2D eigenvalue weighted by Gasteiger charge is 2.38. The van der Waals surface area contributed by atoms with Crippen LogP contribution in [0.25, 0.3) is 0 Å². The predicted molar refractivity (Wildman–Crippen MR) is 91.4 cm³/mol. The molecular formula is C19H19FN2O2. The van der Waals surface area contributed by atoms with E-state index in [1.54, 1.807) is 4.90 Å². The molecule has 124 valence electrons. The van der Waals surface area contributed by atoms with Gasteiger partial charge in [0.15, 0.2) is 0 Å². The highest BCUT2D eigenvalue weighted by molar-refractivity contribution is 6.13. The second-order valence-corrected chi connectivity index (χ2v) is 6.07. The third kappa shape index (κ3) is 3.02. The van der Waals surface area contributed by atoms with Crippen LogP contribution in [0.2, 0.25) is 0 Å². The zero-order chi connectivity index (χ0) is 17.3. The van der Waals surface area contributed by atoms with Crippen molar-refractivity contribution in [2.75, 3.05) is 16.8 Å². The van der Waals surface area contributed by atoms with Gasteiger partial charge in [-0.15, -0.1) is 0 Å². The average molecular weight is 326 g/mol. The number of aryl methyl sites for hydroxylation is 2. The second-order valence-electron chi connectivity index (χ2n) is 6.07. The normalized spacial score (nSPS) is 17.2. The minimum absolute atomic E-state index is 0.188. The van der Waals surface area contributed by atoms with Gasteiger partial charge in [-0.2, -0.15) is 0 Å². The molecule has 0 aromatic heterocycles. The largest absolute Gasteiger partial charge is 0.325 e. The number of nitrogens with one attached hydrogen (secondary N) is 1. The summed E-state index contributed by atoms with van der Waals surface area (Å²) in [5, 5.41) is 2.69. The van der Waals surface area contributed by atoms with Crippen LogP contribution in [0, 0.1) is 25.6 Å². The highest BCUT2D eigenvalue weighted by Crippen LogP contribution is 2.31. The van der Waals surface area contributed by atoms with E-state index in [4.69, 9.17) is 0 Å². The van der Waals surface area contributed by atoms with Crippen LogP contribution in [0.15, 0.2) is 42.5 Å². The summed E-state index contributed by atoms with van der Waals surface area (Å²) in [6, 6.07) is 11.4. The molecule has 0 radical (unpaired) electrons. The van der Waals surface area contributed by atoms with Crippen LogP contribution in [0.5, 0.6) is 0 Å². The topological polar surface area (TPSA) is 49.4 Å². The summed E-state index contributed by atoms with van der Waals surface area (Å²) < 4.78 is 12.9. The van der Waals surface area contributed by atoms with Crippen LogP contribution >= 0.6 is 0 Å². The summed E-state index contributed by atoms with van der Waals surface area (Å²) in [6.07, 6.45) is 0.472. The van der Waals surface area contributed by atoms with Crippen LogP contribution in [-0.2, 0) is 9.59 Å². The molecule has 1 fully saturated rings. The Kier molecular flexibility index (Phi) is 4.34. The van der Waals surface area contributed by atoms with Gasteiger partial charge in [0.05, 0.1) is 0 Å². The van der Waals surface area contributed by atoms with E-state index in [2.05, 4.69) is 5.32 Å². The maximum absolute atomic E-state index is 12.9. The van der Waals surface area contributed by atoms with Gasteiger partial charge in [0.2, 0.25) is 11.8 Å². The van der Waals surface area contributed by atoms with Gasteiger partial charge in [0, 0.05) is 17.9 Å². The van der Waals surface area contributed by atoms with Crippen LogP contribution in [0.3, 0.4) is 0 Å². The Morgan fingerprint density at radius 2 is 1.75 bits per heavy atom. The number of nitrogens with zero attached hydrogens (tertiary/aromatic N) is 1. The number of carbonyl (C=O) groups is 2. The summed E-state index contributed by atoms with van der Waals surface area (Å²) in [4.78, 5) is 26.8. The van der Waals surface area contributed by atoms with Gasteiger partial charge in [0.25, 0.3) is 0 Å². The standard InChI is InChI=1S/C19H19FN2O2/c1-12-4-3-5-13(2)17(12)22-11-10-16(19(22)24)18(23)21-15-8-6-14(20)7-9-15/h3-9,16H,10-11H2,1-2H3,(H,21,23)/t16-/m1/s1. The maximum atomic E-state index is 12.9. The van der Waals surface area contributed by atoms with Gasteiger partial charge in [-0.25, -0.2) is 4.39 Å². The Morgan fingerprint density at radius 1 is 1.12 bits per heavy atom. The highest BCUT2D eigenvalue weighted by atomic mass is 19.1. The van der Waals surface area contributed by atoms with Gasteiger partial charge in [-0.05, 0) is 55.7 Å². The zero-order valence-corrected chi connectivity index (χ0v) is 13.7. The fourth-order valence-electron chi connectivity index (χ4n) is 3.14. The first-order valence-corrected chi connectivity index (χ1v) is 7.91. The second kappa shape index (κ2) is 6.43. The lowest BCUT2D eigenvalue weighted by Crippen LogP contribution is -2.33. The molecule has 1 aliphatic heterocycles. The molecule has 1 saturated heterocycles. The molecule has 0 saturated carbocycles. The molecular weight excluding hydrogens is 307 g/mol. The van der Waals surface area contributed by atoms with Crippen molar-refractivity contribution in [3.05, 3.63) is 59.4 Å². The quantitative estimate of drug-likeness (QED) is 0.879. The Morgan fingerprint density at radius 3 is 2.38 bits per heavy atom. The average Bonchev–Trinajstić information content (AvgIpc) is 2.91. The van der Waals surface area contributed by atoms with E-state index in [0.29, 0.717) is 18.7 Å². The van der Waals surface area contributed by atoms with Gasteiger partial charge in [-0.1, -0.05) is 18.2 Å². The zero-order valence-electron chi connectivity index (χ0n) is 13.7. The van der Waals surface area contributed by atoms with E-state index in [0.717, 1.165) is 16.8 Å². The van der Waals surface area contributed by atoms with Gasteiger partial charge >= 0.3 is 0 Å². The molecule has 2 aromatic rings. The summed E-state index contributed by atoms with van der Waals surface area (Å²) in [6.45, 7) is 4.44. The maximum Gasteiger partial charge on any atom is 0.239 e. The first kappa shape index (κ1) is 16.2. The van der Waals surface area contributed by atoms with Crippen molar-refractivity contribution in [3.63, 3.8) is 0 Å². The van der Waals surface area contributed by atoms with Crippen molar-refractivity contribution in [3.8, 4) is 0 Å². The monoisotopic (exact) mass is 326 g/mol. The summed E-state index contributed by atoms with van der Waals surface area (Å²) in [5.74, 6) is -1.62. The number of rotatable bonds is 3. The lowest BCUT2D eigenvalue weighted by molar-refractivity contribution is -0.129. The summed E-state index contributed by atoms with van der Waals surface area (Å²) in [7, 11) is 0. The number of hydrogen-bond donors (Lipinski definition) is 1. The first-order chi connectivity index (χ1) is 11.5. The molecule has 1 atom stereocenters. The molecule has 3 rings (SSSR count). The van der Waals surface area contributed by atoms with Gasteiger partial charge in [-0.3, -0.25) is 9.59 Å². The minimum Gasteiger partial charge on any atom is -0.325 e. The first-order valence-electron chi connectivity index (χ1n) is 7.91. The van der Waals surface area contributed by atoms with Crippen molar-refractivity contribution in [2.45, 2.75) is 20.3 Å². The smallest absolute Gasteiger partial charge is 0.239 e. The molecule has 0 spiro atoms. The lowest BCUT2D eigenvalue weighted by Gasteiger charge is -2.21. The number of para-hydroxylation sites is 1. The van der Waals surface area contributed by atoms with E-state index in [1.165, 1.54) is 24.3 Å². The fraction of sp³-hybridized carbons (Fsp3) is 0.263. The minimum atomic E-state index is -0.714. The molecule has 2 aromatic carbocycles. The Bertz CT molecular complexity index is 766. The lowest BCUT2D eigenvalue weighted by atomic mass is 10.1. The van der Waals surface area contributed by atoms with Crippen molar-refractivity contribution in [1.29, 1.82) is 0 Å². The molecule has 1 aliphatic rings. The molecule has 0 bridgehead atoms. The molecule has 0 aliphatic carbocycles. The number of anilines is 2. The van der Waals surface area contributed by atoms with E-state index in [-0.39, 0.29) is 17.6 Å². The van der Waals surface area contributed by atoms with E-state index in [1.807, 2.05) is 32.0 Å². The molecule has 1 N–H and O–H groups in total. The van der Waals surface area contributed by atoms with Crippen molar-refractivity contribution in [2.24, 2.45) is 5.92 Å². The van der Waals surface area contributed by atoms with Gasteiger partial charge < -0.3 is 10.2 Å². The third-order valence-corrected chi connectivity index (χ3v) is 4.34. The van der Waals surface area contributed by atoms with Crippen molar-refractivity contribution < 1.29 is 14.0 Å². The predicted octanol–water partition coefficient (Wildman–Crippen LogP) is 3.43. The van der Waals surface area contributed by atoms with E-state index >= 15 is 0 Å². The number of halogens is 1. The SMILES string of the molecule is Cc1cccc(C)c1N1CC[C@H](C(=O)Nc2ccc(F)cc2)C1=O. The van der Waals surface area contributed by atoms with Crippen molar-refractivity contribution >= 4 is 23.2 Å². The number of amides is 2. The van der Waals surface area contributed by atoms with Gasteiger partial charge in [0.1, 0.15) is 11.7 Å². The third-order valence-electron chi connectivity index (χ3n) is 4.34. The van der Waals surface area contributed by atoms with Crippen LogP contribution < -0.4 is 10.2 Å². The van der Waals surface area contributed by atoms with Crippen LogP contribution in [0.4, 0.5) is 15.8 Å². The molecule has 1 heterocycles. The fourth-order valence-corrected chi connectivity index (χ4v) is 3.14. The Labute approximate surface area is 140 Å². The molecule has 0 unspecified atom stereocenters. The summed E-state index contributed by atoms with van der Waals surface area (Å²) in [5.41, 5.74) is 3.41. The molecule has 2 amide bonds. The van der Waals surface area contributed by atoms with E-state index < -0.39 is 5.92 Å². The number of hydrogen-bond acceptors (Lipinski definition) is 2. The number of carbonyl (C=O) groups excluding carboxylic acids is 2. The van der Waals surface area contributed by atoms with E-state index in [9.17, 15) is 14.0 Å². The van der Waals surface area contributed by atoms with Crippen LogP contribution in [0.1, 0.15) is 17.5 Å². The van der Waals surface area contributed by atoms with Crippen LogP contribution in [-0.4, -0.2) is 18.4 Å². The number of benzene rings is 2. The summed E-state index contributed by atoms with van der Waals surface area (Å²) >= 11 is 0. The molecule has 5 heteroatoms. The molecule has 24 heavy (non-hydrogen) atoms. The Balaban J connectivity index is 1.76. The Hall–Kier alpha value is -2.69. The van der Waals surface area contributed by atoms with Crippen molar-refractivity contribution in [1.82, 2.24) is 0 Å².